The van der Waals surface area contributed by atoms with Crippen molar-refractivity contribution in [3.8, 4) is 0 Å². The van der Waals surface area contributed by atoms with Gasteiger partial charge in [-0.05, 0) is 40.2 Å². The number of hydrogen-bond acceptors (Lipinski definition) is 3. The van der Waals surface area contributed by atoms with Gasteiger partial charge in [0.15, 0.2) is 0 Å². The molecule has 0 saturated heterocycles. The van der Waals surface area contributed by atoms with Gasteiger partial charge in [-0.15, -0.1) is 0 Å². The second-order valence-electron chi connectivity index (χ2n) is 3.49. The van der Waals surface area contributed by atoms with Crippen LogP contribution < -0.4 is 0 Å². The Bertz CT molecular complexity index is 652. The fourth-order valence-corrected chi connectivity index (χ4v) is 3.03. The largest absolute Gasteiger partial charge is 0.478 e. The molecular weight excluding hydrogens is 373 g/mol. The lowest BCUT2D eigenvalue weighted by Crippen LogP contribution is -1.97. The zero-order valence-corrected chi connectivity index (χ0v) is 13.1. The Morgan fingerprint density at radius 2 is 2.05 bits per heavy atom. The second-order valence-corrected chi connectivity index (χ2v) is 6.25. The van der Waals surface area contributed by atoms with Gasteiger partial charge >= 0.3 is 5.97 Å². The molecule has 1 aromatic heterocycles. The number of carboxylic acid groups (broad SMARTS) is 1. The Morgan fingerprint density at radius 3 is 2.68 bits per heavy atom. The van der Waals surface area contributed by atoms with E-state index in [4.69, 9.17) is 28.3 Å². The van der Waals surface area contributed by atoms with E-state index in [1.165, 1.54) is 18.0 Å². The Labute approximate surface area is 132 Å². The van der Waals surface area contributed by atoms with Gasteiger partial charge in [-0.1, -0.05) is 35.0 Å². The molecule has 1 aromatic carbocycles. The Balaban J connectivity index is 2.33. The summed E-state index contributed by atoms with van der Waals surface area (Å²) >= 11 is 16.3. The minimum atomic E-state index is -0.996. The molecule has 98 valence electrons. The molecule has 0 aliphatic heterocycles. The SMILES string of the molecule is O=C(O)c1cc(Sc2ncc(Cl)cc2Cl)ccc1Br. The molecule has 7 heteroatoms. The summed E-state index contributed by atoms with van der Waals surface area (Å²) in [5.74, 6) is -0.996. The number of carboxylic acids is 1. The van der Waals surface area contributed by atoms with Crippen LogP contribution in [0.5, 0.6) is 0 Å². The first-order valence-electron chi connectivity index (χ1n) is 4.99. The molecule has 1 N–H and O–H groups in total. The number of nitrogens with zero attached hydrogens (tertiary/aromatic N) is 1. The third kappa shape index (κ3) is 3.63. The monoisotopic (exact) mass is 377 g/mol. The van der Waals surface area contributed by atoms with Gasteiger partial charge in [-0.3, -0.25) is 0 Å². The van der Waals surface area contributed by atoms with Crippen molar-refractivity contribution in [3.05, 3.63) is 50.5 Å². The van der Waals surface area contributed by atoms with Crippen molar-refractivity contribution in [1.82, 2.24) is 4.98 Å². The van der Waals surface area contributed by atoms with Gasteiger partial charge in [0.2, 0.25) is 0 Å². The van der Waals surface area contributed by atoms with Crippen LogP contribution in [0.3, 0.4) is 0 Å². The number of aromatic nitrogens is 1. The van der Waals surface area contributed by atoms with E-state index in [0.29, 0.717) is 19.5 Å². The molecule has 0 atom stereocenters. The average molecular weight is 379 g/mol. The van der Waals surface area contributed by atoms with Gasteiger partial charge < -0.3 is 5.11 Å². The van der Waals surface area contributed by atoms with E-state index in [1.54, 1.807) is 24.3 Å². The summed E-state index contributed by atoms with van der Waals surface area (Å²) in [6.45, 7) is 0. The second kappa shape index (κ2) is 6.13. The minimum Gasteiger partial charge on any atom is -0.478 e. The summed E-state index contributed by atoms with van der Waals surface area (Å²) in [7, 11) is 0. The van der Waals surface area contributed by atoms with Crippen LogP contribution in [0.1, 0.15) is 10.4 Å². The van der Waals surface area contributed by atoms with Gasteiger partial charge in [-0.25, -0.2) is 9.78 Å². The van der Waals surface area contributed by atoms with Crippen LogP contribution >= 0.6 is 50.9 Å². The standard InChI is InChI=1S/C12H6BrCl2NO2S/c13-9-2-1-7(4-8(9)12(17)18)19-11-10(15)3-6(14)5-16-11/h1-5H,(H,17,18). The highest BCUT2D eigenvalue weighted by molar-refractivity contribution is 9.10. The fraction of sp³-hybridized carbons (Fsp3) is 0. The van der Waals surface area contributed by atoms with E-state index in [2.05, 4.69) is 20.9 Å². The molecule has 19 heavy (non-hydrogen) atoms. The lowest BCUT2D eigenvalue weighted by Gasteiger charge is -2.05. The highest BCUT2D eigenvalue weighted by Crippen LogP contribution is 2.34. The number of aromatic carboxylic acids is 1. The normalized spacial score (nSPS) is 10.5. The van der Waals surface area contributed by atoms with Gasteiger partial charge in [0.25, 0.3) is 0 Å². The van der Waals surface area contributed by atoms with Crippen molar-refractivity contribution in [3.63, 3.8) is 0 Å². The molecule has 0 fully saturated rings. The van der Waals surface area contributed by atoms with Crippen molar-refractivity contribution in [2.75, 3.05) is 0 Å². The van der Waals surface area contributed by atoms with Crippen LogP contribution in [0, 0.1) is 0 Å². The van der Waals surface area contributed by atoms with Crippen molar-refractivity contribution in [2.24, 2.45) is 0 Å². The zero-order valence-electron chi connectivity index (χ0n) is 9.23. The molecule has 3 nitrogen and oxygen atoms in total. The maximum absolute atomic E-state index is 11.0. The van der Waals surface area contributed by atoms with Gasteiger partial charge in [-0.2, -0.15) is 0 Å². The van der Waals surface area contributed by atoms with Crippen LogP contribution in [-0.4, -0.2) is 16.1 Å². The summed E-state index contributed by atoms with van der Waals surface area (Å²) in [6, 6.07) is 6.61. The third-order valence-electron chi connectivity index (χ3n) is 2.16. The van der Waals surface area contributed by atoms with E-state index in [1.807, 2.05) is 0 Å². The molecule has 2 aromatic rings. The van der Waals surface area contributed by atoms with Gasteiger partial charge in [0.05, 0.1) is 15.6 Å². The minimum absolute atomic E-state index is 0.190. The molecule has 1 heterocycles. The molecule has 0 spiro atoms. The molecule has 2 rings (SSSR count). The van der Waals surface area contributed by atoms with E-state index in [-0.39, 0.29) is 5.56 Å². The van der Waals surface area contributed by atoms with E-state index in [0.717, 1.165) is 4.90 Å². The number of hydrogen-bond donors (Lipinski definition) is 1. The van der Waals surface area contributed by atoms with Crippen LogP contribution in [0.25, 0.3) is 0 Å². The maximum Gasteiger partial charge on any atom is 0.336 e. The summed E-state index contributed by atoms with van der Waals surface area (Å²) in [6.07, 6.45) is 1.49. The van der Waals surface area contributed by atoms with Crippen molar-refractivity contribution >= 4 is 56.9 Å². The average Bonchev–Trinajstić information content (AvgIpc) is 2.34. The van der Waals surface area contributed by atoms with E-state index >= 15 is 0 Å². The van der Waals surface area contributed by atoms with Crippen LogP contribution in [0.15, 0.2) is 44.9 Å². The van der Waals surface area contributed by atoms with Gasteiger partial charge in [0.1, 0.15) is 5.03 Å². The Hall–Kier alpha value is -0.750. The molecule has 0 radical (unpaired) electrons. The third-order valence-corrected chi connectivity index (χ3v) is 4.46. The van der Waals surface area contributed by atoms with Crippen LogP contribution in [0.2, 0.25) is 10.0 Å². The molecule has 0 aliphatic rings. The lowest BCUT2D eigenvalue weighted by molar-refractivity contribution is 0.0695. The summed E-state index contributed by atoms with van der Waals surface area (Å²) < 4.78 is 0.527. The first-order chi connectivity index (χ1) is 8.97. The fourth-order valence-electron chi connectivity index (χ4n) is 1.32. The topological polar surface area (TPSA) is 50.2 Å². The zero-order chi connectivity index (χ0) is 14.0. The van der Waals surface area contributed by atoms with Crippen molar-refractivity contribution < 1.29 is 9.90 Å². The Morgan fingerprint density at radius 1 is 1.32 bits per heavy atom. The number of benzene rings is 1. The van der Waals surface area contributed by atoms with Crippen molar-refractivity contribution in [1.29, 1.82) is 0 Å². The van der Waals surface area contributed by atoms with Gasteiger partial charge in [0, 0.05) is 15.6 Å². The molecule has 0 bridgehead atoms. The maximum atomic E-state index is 11.0. The summed E-state index contributed by atoms with van der Waals surface area (Å²) in [4.78, 5) is 15.9. The molecular formula is C12H6BrCl2NO2S. The smallest absolute Gasteiger partial charge is 0.336 e. The number of pyridine rings is 1. The Kier molecular flexibility index (Phi) is 4.73. The first kappa shape index (κ1) is 14.7. The lowest BCUT2D eigenvalue weighted by atomic mass is 10.2. The molecule has 0 aliphatic carbocycles. The number of halogens is 3. The number of rotatable bonds is 3. The molecule has 0 saturated carbocycles. The summed E-state index contributed by atoms with van der Waals surface area (Å²) in [5.41, 5.74) is 0.190. The predicted octanol–water partition coefficient (Wildman–Crippen LogP) is 5.00. The van der Waals surface area contributed by atoms with E-state index in [9.17, 15) is 4.79 Å². The van der Waals surface area contributed by atoms with Crippen molar-refractivity contribution in [2.45, 2.75) is 9.92 Å². The molecule has 0 unspecified atom stereocenters. The predicted molar refractivity (Wildman–Crippen MR) is 79.5 cm³/mol. The molecule has 0 amide bonds. The quantitative estimate of drug-likeness (QED) is 0.816. The van der Waals surface area contributed by atoms with Crippen LogP contribution in [0.4, 0.5) is 0 Å². The number of carbonyl (C=O) groups is 1. The summed E-state index contributed by atoms with van der Waals surface area (Å²) in [5, 5.41) is 10.5. The van der Waals surface area contributed by atoms with E-state index < -0.39 is 5.97 Å². The van der Waals surface area contributed by atoms with Crippen LogP contribution in [-0.2, 0) is 0 Å². The first-order valence-corrected chi connectivity index (χ1v) is 7.35. The highest BCUT2D eigenvalue weighted by Gasteiger charge is 2.11. The highest BCUT2D eigenvalue weighted by atomic mass is 79.9.